The van der Waals surface area contributed by atoms with Crippen LogP contribution in [0.5, 0.6) is 17.4 Å². The summed E-state index contributed by atoms with van der Waals surface area (Å²) < 4.78 is 31.7. The van der Waals surface area contributed by atoms with Crippen LogP contribution in [0.2, 0.25) is 0 Å². The minimum atomic E-state index is -0.533. The van der Waals surface area contributed by atoms with E-state index in [1.165, 1.54) is 6.33 Å². The molecule has 160 valence electrons. The molecule has 0 spiro atoms. The number of carbonyl (C=O) groups is 1. The van der Waals surface area contributed by atoms with Crippen molar-refractivity contribution in [2.24, 2.45) is 0 Å². The molecule has 30 heavy (non-hydrogen) atoms. The first-order valence-electron chi connectivity index (χ1n) is 10.2. The van der Waals surface area contributed by atoms with Gasteiger partial charge in [0.2, 0.25) is 5.82 Å². The largest absolute Gasteiger partial charge is 0.483 e. The number of rotatable bonds is 6. The van der Waals surface area contributed by atoms with E-state index < -0.39 is 5.82 Å². The summed E-state index contributed by atoms with van der Waals surface area (Å²) in [6.07, 6.45) is 2.85. The molecule has 1 atom stereocenters. The standard InChI is InChI=1S/C22H26FN3O4/c1-4-16-19(23)21(25-13-24-16)29-15-8-9-26(11-15)18(27)12-28-17-7-5-6-14-10-22(2,3)30-20(14)17/h5-7,13,15H,4,8-12H2,1-3H3. The summed E-state index contributed by atoms with van der Waals surface area (Å²) in [6, 6.07) is 5.73. The first kappa shape index (κ1) is 20.4. The average Bonchev–Trinajstić information content (AvgIpc) is 3.30. The van der Waals surface area contributed by atoms with Crippen molar-refractivity contribution >= 4 is 5.91 Å². The predicted octanol–water partition coefficient (Wildman–Crippen LogP) is 2.95. The van der Waals surface area contributed by atoms with Crippen LogP contribution in [0.25, 0.3) is 0 Å². The van der Waals surface area contributed by atoms with Gasteiger partial charge < -0.3 is 19.1 Å². The maximum atomic E-state index is 14.3. The monoisotopic (exact) mass is 415 g/mol. The van der Waals surface area contributed by atoms with Crippen LogP contribution in [0.1, 0.15) is 38.4 Å². The Hall–Kier alpha value is -2.90. The van der Waals surface area contributed by atoms with E-state index >= 15 is 0 Å². The van der Waals surface area contributed by atoms with Crippen molar-refractivity contribution in [3.8, 4) is 17.4 Å². The molecule has 0 saturated carbocycles. The van der Waals surface area contributed by atoms with E-state index in [0.29, 0.717) is 43.1 Å². The van der Waals surface area contributed by atoms with Crippen LogP contribution in [-0.4, -0.2) is 52.2 Å². The summed E-state index contributed by atoms with van der Waals surface area (Å²) in [5.41, 5.74) is 1.12. The highest BCUT2D eigenvalue weighted by Gasteiger charge is 2.33. The Morgan fingerprint density at radius 1 is 1.37 bits per heavy atom. The molecule has 2 aliphatic heterocycles. The number of fused-ring (bicyclic) bond motifs is 1. The zero-order valence-corrected chi connectivity index (χ0v) is 17.5. The number of benzene rings is 1. The number of likely N-dealkylation sites (tertiary alicyclic amines) is 1. The van der Waals surface area contributed by atoms with Crippen molar-refractivity contribution in [3.63, 3.8) is 0 Å². The molecule has 0 bridgehead atoms. The van der Waals surface area contributed by atoms with Crippen LogP contribution in [-0.2, 0) is 17.6 Å². The number of para-hydroxylation sites is 1. The first-order chi connectivity index (χ1) is 14.4. The Balaban J connectivity index is 1.33. The summed E-state index contributed by atoms with van der Waals surface area (Å²) in [6.45, 7) is 6.67. The lowest BCUT2D eigenvalue weighted by Crippen LogP contribution is -2.34. The van der Waals surface area contributed by atoms with Crippen molar-refractivity contribution in [2.75, 3.05) is 19.7 Å². The number of amides is 1. The molecule has 3 heterocycles. The zero-order valence-electron chi connectivity index (χ0n) is 17.5. The summed E-state index contributed by atoms with van der Waals surface area (Å²) in [5.74, 6) is 0.553. The smallest absolute Gasteiger partial charge is 0.260 e. The van der Waals surface area contributed by atoms with Gasteiger partial charge in [-0.05, 0) is 26.3 Å². The molecule has 0 radical (unpaired) electrons. The van der Waals surface area contributed by atoms with Gasteiger partial charge in [0.05, 0.1) is 12.2 Å². The Labute approximate surface area is 175 Å². The van der Waals surface area contributed by atoms with E-state index in [-0.39, 0.29) is 30.1 Å². The summed E-state index contributed by atoms with van der Waals surface area (Å²) in [7, 11) is 0. The van der Waals surface area contributed by atoms with Crippen molar-refractivity contribution in [1.82, 2.24) is 14.9 Å². The van der Waals surface area contributed by atoms with Gasteiger partial charge in [0.15, 0.2) is 18.1 Å². The van der Waals surface area contributed by atoms with Gasteiger partial charge in [-0.3, -0.25) is 4.79 Å². The maximum Gasteiger partial charge on any atom is 0.260 e. The second kappa shape index (κ2) is 8.08. The van der Waals surface area contributed by atoms with Crippen LogP contribution >= 0.6 is 0 Å². The van der Waals surface area contributed by atoms with E-state index in [9.17, 15) is 9.18 Å². The highest BCUT2D eigenvalue weighted by Crippen LogP contribution is 2.41. The van der Waals surface area contributed by atoms with Crippen molar-refractivity contribution in [2.45, 2.75) is 51.7 Å². The van der Waals surface area contributed by atoms with E-state index in [1.54, 1.807) is 4.90 Å². The number of nitrogens with zero attached hydrogens (tertiary/aromatic N) is 3. The van der Waals surface area contributed by atoms with Gasteiger partial charge in [0, 0.05) is 24.9 Å². The highest BCUT2D eigenvalue weighted by molar-refractivity contribution is 5.78. The third-order valence-corrected chi connectivity index (χ3v) is 5.35. The number of hydrogen-bond donors (Lipinski definition) is 0. The Bertz CT molecular complexity index is 950. The number of carbonyl (C=O) groups excluding carboxylic acids is 1. The fourth-order valence-electron chi connectivity index (χ4n) is 3.86. The van der Waals surface area contributed by atoms with Gasteiger partial charge in [0.1, 0.15) is 18.0 Å². The summed E-state index contributed by atoms with van der Waals surface area (Å²) in [5, 5.41) is 0. The number of aromatic nitrogens is 2. The lowest BCUT2D eigenvalue weighted by Gasteiger charge is -2.19. The Morgan fingerprint density at radius 3 is 3.00 bits per heavy atom. The minimum Gasteiger partial charge on any atom is -0.483 e. The van der Waals surface area contributed by atoms with E-state index in [4.69, 9.17) is 14.2 Å². The molecular weight excluding hydrogens is 389 g/mol. The van der Waals surface area contributed by atoms with Crippen molar-refractivity contribution in [1.29, 1.82) is 0 Å². The zero-order chi connectivity index (χ0) is 21.3. The van der Waals surface area contributed by atoms with Crippen molar-refractivity contribution in [3.05, 3.63) is 41.6 Å². The number of aryl methyl sites for hydroxylation is 1. The third kappa shape index (κ3) is 4.17. The normalized spacial score (nSPS) is 19.3. The van der Waals surface area contributed by atoms with Crippen LogP contribution in [0.15, 0.2) is 24.5 Å². The average molecular weight is 415 g/mol. The summed E-state index contributed by atoms with van der Waals surface area (Å²) in [4.78, 5) is 22.1. The lowest BCUT2D eigenvalue weighted by molar-refractivity contribution is -0.132. The topological polar surface area (TPSA) is 73.8 Å². The lowest BCUT2D eigenvalue weighted by atomic mass is 10.0. The third-order valence-electron chi connectivity index (χ3n) is 5.35. The fourth-order valence-corrected chi connectivity index (χ4v) is 3.86. The molecule has 1 aromatic carbocycles. The van der Waals surface area contributed by atoms with Crippen LogP contribution in [0, 0.1) is 5.82 Å². The summed E-state index contributed by atoms with van der Waals surface area (Å²) >= 11 is 0. The Morgan fingerprint density at radius 2 is 2.20 bits per heavy atom. The molecule has 1 fully saturated rings. The predicted molar refractivity (Wildman–Crippen MR) is 107 cm³/mol. The highest BCUT2D eigenvalue weighted by atomic mass is 19.1. The van der Waals surface area contributed by atoms with E-state index in [2.05, 4.69) is 9.97 Å². The molecule has 1 aromatic heterocycles. The molecular formula is C22H26FN3O4. The molecule has 8 heteroatoms. The van der Waals surface area contributed by atoms with Crippen LogP contribution in [0.3, 0.4) is 0 Å². The van der Waals surface area contributed by atoms with Crippen LogP contribution < -0.4 is 14.2 Å². The first-order valence-corrected chi connectivity index (χ1v) is 10.2. The molecule has 7 nitrogen and oxygen atoms in total. The molecule has 4 rings (SSSR count). The van der Waals surface area contributed by atoms with Gasteiger partial charge in [-0.25, -0.2) is 4.98 Å². The molecule has 0 aliphatic carbocycles. The molecule has 1 saturated heterocycles. The van der Waals surface area contributed by atoms with Gasteiger partial charge >= 0.3 is 0 Å². The maximum absolute atomic E-state index is 14.3. The number of ether oxygens (including phenoxy) is 3. The van der Waals surface area contributed by atoms with E-state index in [1.807, 2.05) is 39.0 Å². The quantitative estimate of drug-likeness (QED) is 0.722. The molecule has 1 unspecified atom stereocenters. The van der Waals surface area contributed by atoms with Gasteiger partial charge in [-0.15, -0.1) is 0 Å². The number of hydrogen-bond acceptors (Lipinski definition) is 6. The van der Waals surface area contributed by atoms with Crippen molar-refractivity contribution < 1.29 is 23.4 Å². The van der Waals surface area contributed by atoms with E-state index in [0.717, 1.165) is 12.0 Å². The molecule has 1 amide bonds. The molecule has 2 aromatic rings. The fraction of sp³-hybridized carbons (Fsp3) is 0.500. The van der Waals surface area contributed by atoms with Gasteiger partial charge in [-0.1, -0.05) is 19.1 Å². The second-order valence-electron chi connectivity index (χ2n) is 8.23. The van der Waals surface area contributed by atoms with Gasteiger partial charge in [-0.2, -0.15) is 9.37 Å². The number of halogens is 1. The van der Waals surface area contributed by atoms with Crippen LogP contribution in [0.4, 0.5) is 4.39 Å². The Kier molecular flexibility index (Phi) is 5.49. The minimum absolute atomic E-state index is 0.0583. The molecule has 0 N–H and O–H groups in total. The molecule has 2 aliphatic rings. The van der Waals surface area contributed by atoms with Gasteiger partial charge in [0.25, 0.3) is 11.8 Å². The SMILES string of the molecule is CCc1ncnc(OC2CCN(C(=O)COc3cccc4c3OC(C)(C)C4)C2)c1F. The second-order valence-corrected chi connectivity index (χ2v) is 8.23.